The second kappa shape index (κ2) is 8.57. The minimum absolute atomic E-state index is 0.217. The van der Waals surface area contributed by atoms with Crippen LogP contribution < -0.4 is 10.6 Å². The number of amides is 2. The maximum Gasteiger partial charge on any atom is 0.235 e. The van der Waals surface area contributed by atoms with E-state index in [1.165, 1.54) is 5.56 Å². The molecule has 0 aliphatic carbocycles. The fourth-order valence-electron chi connectivity index (χ4n) is 1.98. The van der Waals surface area contributed by atoms with Crippen molar-refractivity contribution in [2.45, 2.75) is 40.5 Å². The molecule has 1 aromatic carbocycles. The second-order valence-electron chi connectivity index (χ2n) is 6.55. The predicted molar refractivity (Wildman–Crippen MR) is 89.4 cm³/mol. The van der Waals surface area contributed by atoms with Crippen molar-refractivity contribution in [3.63, 3.8) is 0 Å². The molecular weight excluding hydrogens is 276 g/mol. The number of nitrogens with one attached hydrogen (secondary N) is 2. The Morgan fingerprint density at radius 2 is 1.55 bits per heavy atom. The Kier molecular flexibility index (Phi) is 7.09. The van der Waals surface area contributed by atoms with Crippen LogP contribution in [-0.4, -0.2) is 24.9 Å². The first-order valence-electron chi connectivity index (χ1n) is 7.94. The predicted octanol–water partition coefficient (Wildman–Crippen LogP) is 2.53. The monoisotopic (exact) mass is 304 g/mol. The summed E-state index contributed by atoms with van der Waals surface area (Å²) in [5.74, 6) is 0.0824. The minimum Gasteiger partial charge on any atom is -0.355 e. The van der Waals surface area contributed by atoms with Crippen LogP contribution in [0.2, 0.25) is 0 Å². The van der Waals surface area contributed by atoms with Gasteiger partial charge in [0.25, 0.3) is 0 Å². The first-order chi connectivity index (χ1) is 10.3. The summed E-state index contributed by atoms with van der Waals surface area (Å²) >= 11 is 0. The summed E-state index contributed by atoms with van der Waals surface area (Å²) in [5.41, 5.74) is 0.121. The fourth-order valence-corrected chi connectivity index (χ4v) is 1.98. The molecule has 0 unspecified atom stereocenters. The zero-order valence-electron chi connectivity index (χ0n) is 14.1. The van der Waals surface area contributed by atoms with Gasteiger partial charge in [0.2, 0.25) is 11.8 Å². The molecule has 0 saturated carbocycles. The smallest absolute Gasteiger partial charge is 0.235 e. The van der Waals surface area contributed by atoms with Crippen LogP contribution in [0.1, 0.15) is 39.7 Å². The van der Waals surface area contributed by atoms with Crippen molar-refractivity contribution in [1.29, 1.82) is 0 Å². The summed E-state index contributed by atoms with van der Waals surface area (Å²) in [6, 6.07) is 9.96. The quantitative estimate of drug-likeness (QED) is 0.725. The van der Waals surface area contributed by atoms with Crippen LogP contribution in [0, 0.1) is 11.3 Å². The van der Waals surface area contributed by atoms with Crippen molar-refractivity contribution in [3.05, 3.63) is 35.9 Å². The summed E-state index contributed by atoms with van der Waals surface area (Å²) in [6.45, 7) is 8.68. The normalized spacial score (nSPS) is 11.3. The van der Waals surface area contributed by atoms with Crippen LogP contribution in [-0.2, 0) is 16.0 Å². The first-order valence-corrected chi connectivity index (χ1v) is 7.94. The van der Waals surface area contributed by atoms with Crippen molar-refractivity contribution in [2.75, 3.05) is 13.1 Å². The Hall–Kier alpha value is -1.84. The van der Waals surface area contributed by atoms with Gasteiger partial charge >= 0.3 is 0 Å². The van der Waals surface area contributed by atoms with Crippen molar-refractivity contribution in [1.82, 2.24) is 10.6 Å². The Morgan fingerprint density at radius 1 is 1.00 bits per heavy atom. The molecule has 0 fully saturated rings. The third kappa shape index (κ3) is 5.88. The van der Waals surface area contributed by atoms with E-state index >= 15 is 0 Å². The molecule has 0 bridgehead atoms. The second-order valence-corrected chi connectivity index (χ2v) is 6.55. The van der Waals surface area contributed by atoms with Crippen LogP contribution in [0.3, 0.4) is 0 Å². The van der Waals surface area contributed by atoms with E-state index in [0.717, 1.165) is 12.8 Å². The van der Waals surface area contributed by atoms with Crippen LogP contribution in [0.5, 0.6) is 0 Å². The van der Waals surface area contributed by atoms with Crippen molar-refractivity contribution in [2.24, 2.45) is 11.3 Å². The molecular formula is C18H28N2O2. The van der Waals surface area contributed by atoms with E-state index in [0.29, 0.717) is 19.0 Å². The highest BCUT2D eigenvalue weighted by Crippen LogP contribution is 2.15. The number of carbonyl (C=O) groups excluding carboxylic acids is 2. The third-order valence-electron chi connectivity index (χ3n) is 3.68. The minimum atomic E-state index is -1.05. The molecule has 0 spiro atoms. The molecule has 2 amide bonds. The van der Waals surface area contributed by atoms with Gasteiger partial charge < -0.3 is 10.6 Å². The van der Waals surface area contributed by atoms with Crippen LogP contribution in [0.4, 0.5) is 0 Å². The number of hydrogen-bond donors (Lipinski definition) is 2. The van der Waals surface area contributed by atoms with E-state index in [-0.39, 0.29) is 11.8 Å². The average Bonchev–Trinajstić information content (AvgIpc) is 2.47. The van der Waals surface area contributed by atoms with Gasteiger partial charge in [-0.15, -0.1) is 0 Å². The van der Waals surface area contributed by atoms with E-state index in [1.54, 1.807) is 13.8 Å². The summed E-state index contributed by atoms with van der Waals surface area (Å²) < 4.78 is 0. The summed E-state index contributed by atoms with van der Waals surface area (Å²) in [5, 5.41) is 5.70. The molecule has 0 aromatic heterocycles. The molecule has 1 rings (SSSR count). The lowest BCUT2D eigenvalue weighted by Gasteiger charge is -2.23. The standard InChI is InChI=1S/C18H28N2O2/c1-14(2)10-12-19-16(21)18(3,4)17(22)20-13-11-15-8-6-5-7-9-15/h5-9,14H,10-13H2,1-4H3,(H,19,21)(H,20,22). The Morgan fingerprint density at radius 3 is 2.09 bits per heavy atom. The Balaban J connectivity index is 2.39. The molecule has 0 aliphatic rings. The Labute approximate surface area is 133 Å². The van der Waals surface area contributed by atoms with Gasteiger partial charge in [-0.25, -0.2) is 0 Å². The average molecular weight is 304 g/mol. The van der Waals surface area contributed by atoms with E-state index < -0.39 is 5.41 Å². The van der Waals surface area contributed by atoms with Crippen molar-refractivity contribution < 1.29 is 9.59 Å². The lowest BCUT2D eigenvalue weighted by molar-refractivity contribution is -0.141. The fraction of sp³-hybridized carbons (Fsp3) is 0.556. The molecule has 0 aliphatic heterocycles. The SMILES string of the molecule is CC(C)CCNC(=O)C(C)(C)C(=O)NCCc1ccccc1. The van der Waals surface area contributed by atoms with Crippen molar-refractivity contribution in [3.8, 4) is 0 Å². The van der Waals surface area contributed by atoms with E-state index in [2.05, 4.69) is 24.5 Å². The zero-order chi connectivity index (χ0) is 16.6. The van der Waals surface area contributed by atoms with Gasteiger partial charge in [-0.3, -0.25) is 9.59 Å². The summed E-state index contributed by atoms with van der Waals surface area (Å²) in [6.07, 6.45) is 1.68. The van der Waals surface area contributed by atoms with Gasteiger partial charge in [-0.1, -0.05) is 44.2 Å². The van der Waals surface area contributed by atoms with E-state index in [9.17, 15) is 9.59 Å². The number of benzene rings is 1. The van der Waals surface area contributed by atoms with Gasteiger partial charge in [-0.05, 0) is 38.2 Å². The topological polar surface area (TPSA) is 58.2 Å². The van der Waals surface area contributed by atoms with Gasteiger partial charge in [0, 0.05) is 13.1 Å². The molecule has 1 aromatic rings. The zero-order valence-corrected chi connectivity index (χ0v) is 14.1. The number of rotatable bonds is 8. The van der Waals surface area contributed by atoms with Crippen LogP contribution >= 0.6 is 0 Å². The van der Waals surface area contributed by atoms with E-state index in [1.807, 2.05) is 30.3 Å². The summed E-state index contributed by atoms with van der Waals surface area (Å²) in [4.78, 5) is 24.4. The highest BCUT2D eigenvalue weighted by molar-refractivity contribution is 6.04. The first kappa shape index (κ1) is 18.2. The number of carbonyl (C=O) groups is 2. The van der Waals surface area contributed by atoms with Crippen molar-refractivity contribution >= 4 is 11.8 Å². The molecule has 0 heterocycles. The Bertz CT molecular complexity index is 481. The van der Waals surface area contributed by atoms with Gasteiger partial charge in [-0.2, -0.15) is 0 Å². The van der Waals surface area contributed by atoms with Gasteiger partial charge in [0.15, 0.2) is 0 Å². The molecule has 0 saturated heterocycles. The van der Waals surface area contributed by atoms with Gasteiger partial charge in [0.1, 0.15) is 5.41 Å². The molecule has 4 heteroatoms. The molecule has 4 nitrogen and oxygen atoms in total. The number of hydrogen-bond acceptors (Lipinski definition) is 2. The van der Waals surface area contributed by atoms with Crippen LogP contribution in [0.25, 0.3) is 0 Å². The van der Waals surface area contributed by atoms with Crippen LogP contribution in [0.15, 0.2) is 30.3 Å². The molecule has 122 valence electrons. The molecule has 0 radical (unpaired) electrons. The summed E-state index contributed by atoms with van der Waals surface area (Å²) in [7, 11) is 0. The van der Waals surface area contributed by atoms with Gasteiger partial charge in [0.05, 0.1) is 0 Å². The molecule has 22 heavy (non-hydrogen) atoms. The maximum absolute atomic E-state index is 12.2. The molecule has 2 N–H and O–H groups in total. The van der Waals surface area contributed by atoms with E-state index in [4.69, 9.17) is 0 Å². The highest BCUT2D eigenvalue weighted by Gasteiger charge is 2.35. The lowest BCUT2D eigenvalue weighted by atomic mass is 9.91. The lowest BCUT2D eigenvalue weighted by Crippen LogP contribution is -2.48. The maximum atomic E-state index is 12.2. The third-order valence-corrected chi connectivity index (χ3v) is 3.68. The highest BCUT2D eigenvalue weighted by atomic mass is 16.2. The molecule has 0 atom stereocenters. The largest absolute Gasteiger partial charge is 0.355 e.